The van der Waals surface area contributed by atoms with Gasteiger partial charge in [-0.05, 0) is 44.9 Å². The van der Waals surface area contributed by atoms with Gasteiger partial charge in [0.1, 0.15) is 0 Å². The van der Waals surface area contributed by atoms with Gasteiger partial charge >= 0.3 is 0 Å². The normalized spacial score (nSPS) is 17.1. The topological polar surface area (TPSA) is 58.4 Å². The largest absolute Gasteiger partial charge is 0.398 e. The van der Waals surface area contributed by atoms with Gasteiger partial charge in [-0.15, -0.1) is 0 Å². The van der Waals surface area contributed by atoms with Crippen molar-refractivity contribution in [3.05, 3.63) is 29.3 Å². The minimum Gasteiger partial charge on any atom is -0.398 e. The molecule has 0 aliphatic carbocycles. The highest BCUT2D eigenvalue weighted by Gasteiger charge is 2.21. The van der Waals surface area contributed by atoms with Crippen molar-refractivity contribution in [2.75, 3.05) is 25.4 Å². The van der Waals surface area contributed by atoms with E-state index >= 15 is 0 Å². The van der Waals surface area contributed by atoms with Crippen LogP contribution in [0.5, 0.6) is 0 Å². The van der Waals surface area contributed by atoms with Gasteiger partial charge < -0.3 is 16.0 Å². The molecule has 1 saturated heterocycles. The van der Waals surface area contributed by atoms with Gasteiger partial charge in [-0.3, -0.25) is 4.79 Å². The number of anilines is 1. The molecule has 1 amide bonds. The Kier molecular flexibility index (Phi) is 5.01. The van der Waals surface area contributed by atoms with Crippen molar-refractivity contribution in [2.24, 2.45) is 0 Å². The molecule has 3 N–H and O–H groups in total. The van der Waals surface area contributed by atoms with Gasteiger partial charge in [-0.2, -0.15) is 0 Å². The number of amides is 1. The molecule has 1 aromatic rings. The van der Waals surface area contributed by atoms with Crippen LogP contribution in [0.3, 0.4) is 0 Å². The molecule has 0 unspecified atom stereocenters. The molecule has 0 radical (unpaired) electrons. The quantitative estimate of drug-likeness (QED) is 0.828. The SMILES string of the molecule is CCCN1CCC(NC(=O)c2cc(C)ccc2N)CC1. The summed E-state index contributed by atoms with van der Waals surface area (Å²) in [7, 11) is 0. The molecule has 0 atom stereocenters. The number of carbonyl (C=O) groups excluding carboxylic acids is 1. The molecule has 1 heterocycles. The smallest absolute Gasteiger partial charge is 0.253 e. The Morgan fingerprint density at radius 2 is 2.10 bits per heavy atom. The van der Waals surface area contributed by atoms with Crippen molar-refractivity contribution in [2.45, 2.75) is 39.2 Å². The average Bonchev–Trinajstić information content (AvgIpc) is 2.44. The fraction of sp³-hybridized carbons (Fsp3) is 0.562. The number of carbonyl (C=O) groups is 1. The summed E-state index contributed by atoms with van der Waals surface area (Å²) in [6.45, 7) is 7.48. The first-order chi connectivity index (χ1) is 9.60. The lowest BCUT2D eigenvalue weighted by molar-refractivity contribution is 0.0912. The van der Waals surface area contributed by atoms with E-state index in [1.54, 1.807) is 6.07 Å². The van der Waals surface area contributed by atoms with E-state index in [0.29, 0.717) is 11.3 Å². The molecule has 0 aromatic heterocycles. The van der Waals surface area contributed by atoms with Gasteiger partial charge in [0.2, 0.25) is 0 Å². The number of likely N-dealkylation sites (tertiary alicyclic amines) is 1. The maximum Gasteiger partial charge on any atom is 0.253 e. The van der Waals surface area contributed by atoms with Crippen LogP contribution < -0.4 is 11.1 Å². The highest BCUT2D eigenvalue weighted by Crippen LogP contribution is 2.16. The number of hydrogen-bond donors (Lipinski definition) is 2. The Hall–Kier alpha value is -1.55. The highest BCUT2D eigenvalue weighted by atomic mass is 16.1. The predicted octanol–water partition coefficient (Wildman–Crippen LogP) is 2.18. The zero-order valence-electron chi connectivity index (χ0n) is 12.5. The van der Waals surface area contributed by atoms with E-state index < -0.39 is 0 Å². The second-order valence-electron chi connectivity index (χ2n) is 5.68. The van der Waals surface area contributed by atoms with Crippen molar-refractivity contribution >= 4 is 11.6 Å². The molecule has 4 nitrogen and oxygen atoms in total. The van der Waals surface area contributed by atoms with Crippen molar-refractivity contribution < 1.29 is 4.79 Å². The zero-order chi connectivity index (χ0) is 14.5. The van der Waals surface area contributed by atoms with Crippen LogP contribution in [0.15, 0.2) is 18.2 Å². The predicted molar refractivity (Wildman–Crippen MR) is 82.8 cm³/mol. The molecule has 1 fully saturated rings. The lowest BCUT2D eigenvalue weighted by Gasteiger charge is -2.32. The summed E-state index contributed by atoms with van der Waals surface area (Å²) in [6.07, 6.45) is 3.24. The summed E-state index contributed by atoms with van der Waals surface area (Å²) in [5.41, 5.74) is 8.10. The van der Waals surface area contributed by atoms with Gasteiger partial charge in [0.25, 0.3) is 5.91 Å². The van der Waals surface area contributed by atoms with Crippen LogP contribution in [-0.2, 0) is 0 Å². The Morgan fingerprint density at radius 3 is 2.75 bits per heavy atom. The number of rotatable bonds is 4. The van der Waals surface area contributed by atoms with E-state index in [1.165, 1.54) is 6.42 Å². The lowest BCUT2D eigenvalue weighted by Crippen LogP contribution is -2.44. The molecule has 1 aliphatic heterocycles. The fourth-order valence-corrected chi connectivity index (χ4v) is 2.75. The number of nitrogens with two attached hydrogens (primary N) is 1. The van der Waals surface area contributed by atoms with Crippen molar-refractivity contribution in [1.29, 1.82) is 0 Å². The van der Waals surface area contributed by atoms with E-state index in [1.807, 2.05) is 19.1 Å². The van der Waals surface area contributed by atoms with Crippen LogP contribution in [0.2, 0.25) is 0 Å². The van der Waals surface area contributed by atoms with Gasteiger partial charge in [0.15, 0.2) is 0 Å². The fourth-order valence-electron chi connectivity index (χ4n) is 2.75. The van der Waals surface area contributed by atoms with Gasteiger partial charge in [0.05, 0.1) is 5.56 Å². The molecular weight excluding hydrogens is 250 g/mol. The van der Waals surface area contributed by atoms with E-state index in [0.717, 1.165) is 38.0 Å². The summed E-state index contributed by atoms with van der Waals surface area (Å²) in [6, 6.07) is 5.86. The maximum atomic E-state index is 12.3. The van der Waals surface area contributed by atoms with Crippen LogP contribution in [0.4, 0.5) is 5.69 Å². The second-order valence-corrected chi connectivity index (χ2v) is 5.68. The maximum absolute atomic E-state index is 12.3. The third-order valence-electron chi connectivity index (χ3n) is 3.92. The molecular formula is C16H25N3O. The minimum atomic E-state index is -0.0415. The Morgan fingerprint density at radius 1 is 1.40 bits per heavy atom. The van der Waals surface area contributed by atoms with Crippen LogP contribution in [-0.4, -0.2) is 36.5 Å². The molecule has 1 aliphatic rings. The number of piperidine rings is 1. The summed E-state index contributed by atoms with van der Waals surface area (Å²) in [4.78, 5) is 14.8. The first-order valence-corrected chi connectivity index (χ1v) is 7.49. The highest BCUT2D eigenvalue weighted by molar-refractivity contribution is 5.99. The van der Waals surface area contributed by atoms with Crippen LogP contribution in [0.1, 0.15) is 42.1 Å². The standard InChI is InChI=1S/C16H25N3O/c1-3-8-19-9-6-13(7-10-19)18-16(20)14-11-12(2)4-5-15(14)17/h4-5,11,13H,3,6-10,17H2,1-2H3,(H,18,20). The van der Waals surface area contributed by atoms with Crippen LogP contribution in [0.25, 0.3) is 0 Å². The van der Waals surface area contributed by atoms with Crippen molar-refractivity contribution in [3.8, 4) is 0 Å². The Bertz CT molecular complexity index is 465. The molecule has 0 bridgehead atoms. The van der Waals surface area contributed by atoms with Crippen molar-refractivity contribution in [3.63, 3.8) is 0 Å². The second kappa shape index (κ2) is 6.75. The molecule has 4 heteroatoms. The molecule has 0 saturated carbocycles. The zero-order valence-corrected chi connectivity index (χ0v) is 12.5. The number of aryl methyl sites for hydroxylation is 1. The number of nitrogen functional groups attached to an aromatic ring is 1. The number of nitrogens with one attached hydrogen (secondary N) is 1. The van der Waals surface area contributed by atoms with Crippen LogP contribution >= 0.6 is 0 Å². The third-order valence-corrected chi connectivity index (χ3v) is 3.92. The number of benzene rings is 1. The first-order valence-electron chi connectivity index (χ1n) is 7.49. The van der Waals surface area contributed by atoms with E-state index in [4.69, 9.17) is 5.73 Å². The molecule has 1 aromatic carbocycles. The minimum absolute atomic E-state index is 0.0415. The Balaban J connectivity index is 1.91. The van der Waals surface area contributed by atoms with Gasteiger partial charge in [-0.1, -0.05) is 18.6 Å². The molecule has 2 rings (SSSR count). The van der Waals surface area contributed by atoms with Gasteiger partial charge in [0, 0.05) is 24.8 Å². The first kappa shape index (κ1) is 14.9. The average molecular weight is 275 g/mol. The number of nitrogens with zero attached hydrogens (tertiary/aromatic N) is 1. The van der Waals surface area contributed by atoms with E-state index in [-0.39, 0.29) is 11.9 Å². The van der Waals surface area contributed by atoms with Crippen LogP contribution in [0, 0.1) is 6.92 Å². The van der Waals surface area contributed by atoms with E-state index in [9.17, 15) is 4.79 Å². The third kappa shape index (κ3) is 3.73. The number of hydrogen-bond acceptors (Lipinski definition) is 3. The lowest BCUT2D eigenvalue weighted by atomic mass is 10.0. The van der Waals surface area contributed by atoms with E-state index in [2.05, 4.69) is 17.1 Å². The summed E-state index contributed by atoms with van der Waals surface area (Å²) in [5, 5.41) is 3.12. The van der Waals surface area contributed by atoms with Crippen molar-refractivity contribution in [1.82, 2.24) is 10.2 Å². The molecule has 20 heavy (non-hydrogen) atoms. The van der Waals surface area contributed by atoms with Gasteiger partial charge in [-0.25, -0.2) is 0 Å². The summed E-state index contributed by atoms with van der Waals surface area (Å²) >= 11 is 0. The summed E-state index contributed by atoms with van der Waals surface area (Å²) < 4.78 is 0. The summed E-state index contributed by atoms with van der Waals surface area (Å²) in [5.74, 6) is -0.0415. The monoisotopic (exact) mass is 275 g/mol. The molecule has 110 valence electrons. The Labute approximate surface area is 121 Å². The molecule has 0 spiro atoms.